The summed E-state index contributed by atoms with van der Waals surface area (Å²) in [7, 11) is 0. The molecule has 1 heterocycles. The fraction of sp³-hybridized carbons (Fsp3) is 0.167. The lowest BCUT2D eigenvalue weighted by Gasteiger charge is -2.03. The largest absolute Gasteiger partial charge is 0.297 e. The highest BCUT2D eigenvalue weighted by Crippen LogP contribution is 2.39. The fourth-order valence-corrected chi connectivity index (χ4v) is 3.29. The van der Waals surface area contributed by atoms with E-state index in [1.807, 2.05) is 36.4 Å². The van der Waals surface area contributed by atoms with Gasteiger partial charge in [0.25, 0.3) is 5.91 Å². The molecule has 3 aromatic rings. The predicted octanol–water partition coefficient (Wildman–Crippen LogP) is 4.99. The molecule has 1 amide bonds. The van der Waals surface area contributed by atoms with Gasteiger partial charge < -0.3 is 0 Å². The highest BCUT2D eigenvalue weighted by Gasteiger charge is 2.23. The topological polar surface area (TPSA) is 54.9 Å². The van der Waals surface area contributed by atoms with Crippen molar-refractivity contribution in [2.45, 2.75) is 18.8 Å². The van der Waals surface area contributed by atoms with Gasteiger partial charge in [-0.05, 0) is 48.6 Å². The Kier molecular flexibility index (Phi) is 4.04. The second kappa shape index (κ2) is 6.34. The minimum Gasteiger partial charge on any atom is -0.297 e. The van der Waals surface area contributed by atoms with Crippen molar-refractivity contribution < 1.29 is 4.79 Å². The van der Waals surface area contributed by atoms with E-state index in [0.29, 0.717) is 27.5 Å². The van der Waals surface area contributed by atoms with Gasteiger partial charge in [-0.25, -0.2) is 0 Å². The van der Waals surface area contributed by atoms with Gasteiger partial charge in [-0.15, -0.1) is 0 Å². The SMILES string of the molecule is O=C(Nc1nc(-c2cccc(Cl)c2)ns1)c1ccc(C2CC2)cc1. The first-order valence-electron chi connectivity index (χ1n) is 7.70. The molecule has 120 valence electrons. The van der Waals surface area contributed by atoms with Gasteiger partial charge in [0.1, 0.15) is 0 Å². The van der Waals surface area contributed by atoms with Gasteiger partial charge in [0.05, 0.1) is 0 Å². The molecule has 0 radical (unpaired) electrons. The van der Waals surface area contributed by atoms with Crippen LogP contribution in [0.2, 0.25) is 5.02 Å². The van der Waals surface area contributed by atoms with Crippen LogP contribution in [0.4, 0.5) is 5.13 Å². The third-order valence-electron chi connectivity index (χ3n) is 3.95. The van der Waals surface area contributed by atoms with E-state index < -0.39 is 0 Å². The molecule has 0 saturated heterocycles. The van der Waals surface area contributed by atoms with Gasteiger partial charge in [0, 0.05) is 27.7 Å². The summed E-state index contributed by atoms with van der Waals surface area (Å²) >= 11 is 7.14. The number of carbonyl (C=O) groups is 1. The molecule has 0 atom stereocenters. The van der Waals surface area contributed by atoms with Crippen LogP contribution in [0, 0.1) is 0 Å². The number of benzene rings is 2. The van der Waals surface area contributed by atoms with Crippen LogP contribution >= 0.6 is 23.1 Å². The molecular weight excluding hydrogens is 342 g/mol. The first kappa shape index (κ1) is 15.3. The average Bonchev–Trinajstić information content (AvgIpc) is 3.34. The van der Waals surface area contributed by atoms with Crippen molar-refractivity contribution in [1.82, 2.24) is 9.36 Å². The molecule has 0 bridgehead atoms. The smallest absolute Gasteiger partial charge is 0.257 e. The van der Waals surface area contributed by atoms with Gasteiger partial charge in [0.2, 0.25) is 5.13 Å². The molecule has 6 heteroatoms. The van der Waals surface area contributed by atoms with Crippen molar-refractivity contribution in [2.75, 3.05) is 5.32 Å². The number of amides is 1. The molecule has 1 aromatic heterocycles. The summed E-state index contributed by atoms with van der Waals surface area (Å²) in [5.41, 5.74) is 2.76. The van der Waals surface area contributed by atoms with Gasteiger partial charge in [-0.3, -0.25) is 10.1 Å². The normalized spacial score (nSPS) is 13.7. The monoisotopic (exact) mass is 355 g/mol. The Bertz CT molecular complexity index is 887. The maximum absolute atomic E-state index is 12.3. The van der Waals surface area contributed by atoms with E-state index in [2.05, 4.69) is 14.7 Å². The molecule has 24 heavy (non-hydrogen) atoms. The summed E-state index contributed by atoms with van der Waals surface area (Å²) in [5, 5.41) is 3.90. The minimum absolute atomic E-state index is 0.175. The lowest BCUT2D eigenvalue weighted by atomic mass is 10.1. The molecule has 0 spiro atoms. The molecule has 4 nitrogen and oxygen atoms in total. The van der Waals surface area contributed by atoms with E-state index in [0.717, 1.165) is 17.1 Å². The van der Waals surface area contributed by atoms with Gasteiger partial charge >= 0.3 is 0 Å². The molecular formula is C18H14ClN3OS. The Balaban J connectivity index is 1.47. The third kappa shape index (κ3) is 3.32. The van der Waals surface area contributed by atoms with Crippen LogP contribution in [0.25, 0.3) is 11.4 Å². The van der Waals surface area contributed by atoms with E-state index >= 15 is 0 Å². The van der Waals surface area contributed by atoms with Crippen LogP contribution in [-0.2, 0) is 0 Å². The predicted molar refractivity (Wildman–Crippen MR) is 96.7 cm³/mol. The van der Waals surface area contributed by atoms with Crippen molar-refractivity contribution in [3.05, 3.63) is 64.7 Å². The number of hydrogen-bond acceptors (Lipinski definition) is 4. The number of hydrogen-bond donors (Lipinski definition) is 1. The molecule has 0 aliphatic heterocycles. The third-order valence-corrected chi connectivity index (χ3v) is 4.82. The number of nitrogens with one attached hydrogen (secondary N) is 1. The van der Waals surface area contributed by atoms with Crippen LogP contribution < -0.4 is 5.32 Å². The Morgan fingerprint density at radius 1 is 1.17 bits per heavy atom. The van der Waals surface area contributed by atoms with Crippen molar-refractivity contribution in [2.24, 2.45) is 0 Å². The second-order valence-electron chi connectivity index (χ2n) is 5.78. The number of rotatable bonds is 4. The van der Waals surface area contributed by atoms with Gasteiger partial charge in [-0.1, -0.05) is 35.9 Å². The van der Waals surface area contributed by atoms with Crippen LogP contribution in [0.3, 0.4) is 0 Å². The minimum atomic E-state index is -0.175. The Hall–Kier alpha value is -2.24. The number of aromatic nitrogens is 2. The zero-order chi connectivity index (χ0) is 16.5. The molecule has 1 fully saturated rings. The maximum Gasteiger partial charge on any atom is 0.257 e. The van der Waals surface area contributed by atoms with E-state index in [-0.39, 0.29) is 5.91 Å². The van der Waals surface area contributed by atoms with E-state index in [1.54, 1.807) is 12.1 Å². The average molecular weight is 356 g/mol. The number of halogens is 1. The quantitative estimate of drug-likeness (QED) is 0.717. The summed E-state index contributed by atoms with van der Waals surface area (Å²) in [4.78, 5) is 16.7. The summed E-state index contributed by atoms with van der Waals surface area (Å²) in [6.07, 6.45) is 2.51. The zero-order valence-electron chi connectivity index (χ0n) is 12.7. The van der Waals surface area contributed by atoms with Gasteiger partial charge in [-0.2, -0.15) is 9.36 Å². The highest BCUT2D eigenvalue weighted by molar-refractivity contribution is 7.10. The van der Waals surface area contributed by atoms with Crippen molar-refractivity contribution in [3.8, 4) is 11.4 Å². The standard InChI is InChI=1S/C18H14ClN3OS/c19-15-3-1-2-14(10-15)16-20-18(24-22-16)21-17(23)13-8-6-12(7-9-13)11-4-5-11/h1-3,6-11H,4-5H2,(H,20,21,22,23). The van der Waals surface area contributed by atoms with E-state index in [4.69, 9.17) is 11.6 Å². The number of anilines is 1. The van der Waals surface area contributed by atoms with Crippen LogP contribution in [0.15, 0.2) is 48.5 Å². The molecule has 1 N–H and O–H groups in total. The maximum atomic E-state index is 12.3. The summed E-state index contributed by atoms with van der Waals surface area (Å²) < 4.78 is 4.28. The molecule has 1 saturated carbocycles. The summed E-state index contributed by atoms with van der Waals surface area (Å²) in [5.74, 6) is 1.07. The van der Waals surface area contributed by atoms with E-state index in [1.165, 1.54) is 18.4 Å². The zero-order valence-corrected chi connectivity index (χ0v) is 14.3. The van der Waals surface area contributed by atoms with Crippen molar-refractivity contribution >= 4 is 34.2 Å². The highest BCUT2D eigenvalue weighted by atomic mass is 35.5. The Morgan fingerprint density at radius 2 is 1.96 bits per heavy atom. The number of carbonyl (C=O) groups excluding carboxylic acids is 1. The summed E-state index contributed by atoms with van der Waals surface area (Å²) in [6.45, 7) is 0. The number of nitrogens with zero attached hydrogens (tertiary/aromatic N) is 2. The molecule has 1 aliphatic rings. The Labute approximate surface area is 148 Å². The van der Waals surface area contributed by atoms with Crippen molar-refractivity contribution in [3.63, 3.8) is 0 Å². The van der Waals surface area contributed by atoms with Gasteiger partial charge in [0.15, 0.2) is 5.82 Å². The fourth-order valence-electron chi connectivity index (χ4n) is 2.51. The molecule has 4 rings (SSSR count). The second-order valence-corrected chi connectivity index (χ2v) is 6.97. The molecule has 1 aliphatic carbocycles. The van der Waals surface area contributed by atoms with Crippen LogP contribution in [-0.4, -0.2) is 15.3 Å². The first-order valence-corrected chi connectivity index (χ1v) is 8.85. The lowest BCUT2D eigenvalue weighted by molar-refractivity contribution is 0.102. The van der Waals surface area contributed by atoms with Crippen LogP contribution in [0.1, 0.15) is 34.7 Å². The lowest BCUT2D eigenvalue weighted by Crippen LogP contribution is -2.11. The molecule has 0 unspecified atom stereocenters. The Morgan fingerprint density at radius 3 is 2.67 bits per heavy atom. The summed E-state index contributed by atoms with van der Waals surface area (Å²) in [6, 6.07) is 15.1. The van der Waals surface area contributed by atoms with Crippen LogP contribution in [0.5, 0.6) is 0 Å². The van der Waals surface area contributed by atoms with Crippen molar-refractivity contribution in [1.29, 1.82) is 0 Å². The molecule has 2 aromatic carbocycles. The first-order chi connectivity index (χ1) is 11.7. The van der Waals surface area contributed by atoms with E-state index in [9.17, 15) is 4.79 Å².